The zero-order chi connectivity index (χ0) is 12.5. The topological polar surface area (TPSA) is 89.4 Å². The van der Waals surface area contributed by atoms with Gasteiger partial charge in [0.2, 0.25) is 20.4 Å². The number of hydrogen-bond acceptors (Lipinski definition) is 3. The lowest BCUT2D eigenvalue weighted by molar-refractivity contribution is -0.121. The Morgan fingerprint density at radius 1 is 1.38 bits per heavy atom. The molecular formula is C10H20N3O2Si. The molecule has 1 aliphatic heterocycles. The largest absolute Gasteiger partial charge is 0.368 e. The van der Waals surface area contributed by atoms with E-state index in [1.807, 2.05) is 20.8 Å². The second-order valence-corrected chi connectivity index (χ2v) is 7.98. The molecule has 5 nitrogen and oxygen atoms in total. The molecular weight excluding hydrogens is 222 g/mol. The van der Waals surface area contributed by atoms with Crippen molar-refractivity contribution in [2.45, 2.75) is 44.7 Å². The third-order valence-electron chi connectivity index (χ3n) is 2.88. The van der Waals surface area contributed by atoms with E-state index in [0.717, 1.165) is 6.42 Å². The van der Waals surface area contributed by atoms with Gasteiger partial charge >= 0.3 is 0 Å². The van der Waals surface area contributed by atoms with Gasteiger partial charge in [-0.3, -0.25) is 9.59 Å². The van der Waals surface area contributed by atoms with Crippen LogP contribution in [0.25, 0.3) is 0 Å². The van der Waals surface area contributed by atoms with E-state index in [2.05, 4.69) is 0 Å². The summed E-state index contributed by atoms with van der Waals surface area (Å²) in [6.45, 7) is 6.46. The summed E-state index contributed by atoms with van der Waals surface area (Å²) in [5.41, 5.74) is 5.20. The van der Waals surface area contributed by atoms with Crippen LogP contribution in [0.15, 0.2) is 0 Å². The minimum absolute atomic E-state index is 0.0706. The summed E-state index contributed by atoms with van der Waals surface area (Å²) < 4.78 is 0. The average Bonchev–Trinajstić information content (AvgIpc) is 2.62. The summed E-state index contributed by atoms with van der Waals surface area (Å²) in [6.07, 6.45) is 1.50. The van der Waals surface area contributed by atoms with Crippen molar-refractivity contribution in [3.63, 3.8) is 0 Å². The van der Waals surface area contributed by atoms with Gasteiger partial charge in [-0.2, -0.15) is 0 Å². The minimum Gasteiger partial charge on any atom is -0.368 e. The van der Waals surface area contributed by atoms with Crippen LogP contribution in [0.5, 0.6) is 0 Å². The van der Waals surface area contributed by atoms with E-state index < -0.39 is 20.9 Å². The van der Waals surface area contributed by atoms with Crippen molar-refractivity contribution in [1.82, 2.24) is 4.90 Å². The fraction of sp³-hybridized carbons (Fsp3) is 0.800. The molecule has 6 heteroatoms. The molecule has 91 valence electrons. The van der Waals surface area contributed by atoms with E-state index in [1.165, 1.54) is 0 Å². The number of hydrogen-bond donors (Lipinski definition) is 2. The minimum atomic E-state index is -1.65. The first-order valence-corrected chi connectivity index (χ1v) is 7.06. The molecule has 4 N–H and O–H groups in total. The van der Waals surface area contributed by atoms with Gasteiger partial charge in [-0.05, 0) is 17.9 Å². The maximum atomic E-state index is 12.1. The monoisotopic (exact) mass is 242 g/mol. The molecule has 0 bridgehead atoms. The molecule has 1 fully saturated rings. The fourth-order valence-electron chi connectivity index (χ4n) is 1.78. The maximum absolute atomic E-state index is 12.1. The molecule has 1 aliphatic rings. The Hall–Kier alpha value is -0.883. The highest BCUT2D eigenvalue weighted by Gasteiger charge is 2.40. The summed E-state index contributed by atoms with van der Waals surface area (Å²) in [5.74, 6) is -0.422. The van der Waals surface area contributed by atoms with Crippen molar-refractivity contribution >= 4 is 20.4 Å². The Morgan fingerprint density at radius 2 is 1.94 bits per heavy atom. The van der Waals surface area contributed by atoms with Gasteiger partial charge in [-0.1, -0.05) is 20.8 Å². The number of carbonyl (C=O) groups is 2. The molecule has 0 aromatic carbocycles. The maximum Gasteiger partial charge on any atom is 0.250 e. The summed E-state index contributed by atoms with van der Waals surface area (Å²) in [6, 6.07) is -0.446. The first kappa shape index (κ1) is 13.2. The Morgan fingerprint density at radius 3 is 2.38 bits per heavy atom. The van der Waals surface area contributed by atoms with Crippen molar-refractivity contribution in [3.8, 4) is 0 Å². The lowest BCUT2D eigenvalue weighted by atomic mass is 10.2. The normalized spacial score (nSPS) is 21.6. The third-order valence-corrected chi connectivity index (χ3v) is 5.24. The van der Waals surface area contributed by atoms with Crippen LogP contribution in [0.4, 0.5) is 4.79 Å². The van der Waals surface area contributed by atoms with Gasteiger partial charge in [0.25, 0.3) is 0 Å². The fourth-order valence-corrected chi connectivity index (χ4v) is 3.00. The zero-order valence-electron chi connectivity index (χ0n) is 10.1. The molecule has 0 saturated carbocycles. The van der Waals surface area contributed by atoms with Gasteiger partial charge in [0.05, 0.1) is 0 Å². The van der Waals surface area contributed by atoms with Gasteiger partial charge in [0, 0.05) is 6.54 Å². The molecule has 1 atom stereocenters. The standard InChI is InChI=1S/C10H20N3O2Si/c1-10(2,3)16(12)9(15)13-6-4-5-7(13)8(11)14/h7H,4-6,12H2,1-3H3,(H2,11,14)/t7-/m0/s1. The molecule has 0 aliphatic carbocycles. The number of nitrogens with zero attached hydrogens (tertiary/aromatic N) is 1. The molecule has 0 unspecified atom stereocenters. The number of likely N-dealkylation sites (tertiary alicyclic amines) is 1. The van der Waals surface area contributed by atoms with Gasteiger partial charge in [-0.15, -0.1) is 0 Å². The summed E-state index contributed by atoms with van der Waals surface area (Å²) in [7, 11) is -1.65. The van der Waals surface area contributed by atoms with Crippen molar-refractivity contribution in [2.75, 3.05) is 6.54 Å². The van der Waals surface area contributed by atoms with Gasteiger partial charge < -0.3 is 16.0 Å². The van der Waals surface area contributed by atoms with Crippen LogP contribution in [-0.2, 0) is 4.79 Å². The van der Waals surface area contributed by atoms with E-state index in [4.69, 9.17) is 11.1 Å². The number of carbonyl (C=O) groups excluding carboxylic acids is 2. The van der Waals surface area contributed by atoms with Gasteiger partial charge in [-0.25, -0.2) is 0 Å². The molecule has 1 saturated heterocycles. The predicted octanol–water partition coefficient (Wildman–Crippen LogP) is 0.388. The predicted molar refractivity (Wildman–Crippen MR) is 64.0 cm³/mol. The van der Waals surface area contributed by atoms with E-state index in [9.17, 15) is 9.59 Å². The van der Waals surface area contributed by atoms with Crippen LogP contribution in [0.3, 0.4) is 0 Å². The first-order valence-electron chi connectivity index (χ1n) is 5.48. The molecule has 1 radical (unpaired) electrons. The van der Waals surface area contributed by atoms with E-state index >= 15 is 0 Å². The third kappa shape index (κ3) is 2.62. The Kier molecular flexibility index (Phi) is 3.74. The highest BCUT2D eigenvalue weighted by atomic mass is 28.3. The molecule has 0 spiro atoms. The molecule has 1 rings (SSSR count). The first-order chi connectivity index (χ1) is 7.25. The Labute approximate surface area is 97.8 Å². The van der Waals surface area contributed by atoms with Crippen molar-refractivity contribution in [1.29, 1.82) is 0 Å². The second-order valence-electron chi connectivity index (χ2n) is 5.22. The number of nitrogens with two attached hydrogens (primary N) is 2. The average molecular weight is 242 g/mol. The summed E-state index contributed by atoms with van der Waals surface area (Å²) >= 11 is 0. The lowest BCUT2D eigenvalue weighted by Gasteiger charge is -2.30. The molecule has 1 heterocycles. The van der Waals surface area contributed by atoms with Crippen LogP contribution >= 0.6 is 0 Å². The second kappa shape index (κ2) is 4.55. The van der Waals surface area contributed by atoms with Crippen LogP contribution in [0, 0.1) is 0 Å². The molecule has 0 aromatic rings. The van der Waals surface area contributed by atoms with Crippen LogP contribution in [-0.4, -0.2) is 37.9 Å². The van der Waals surface area contributed by atoms with E-state index in [1.54, 1.807) is 4.90 Å². The molecule has 2 amide bonds. The summed E-state index contributed by atoms with van der Waals surface area (Å²) in [4.78, 5) is 24.9. The molecule has 0 aromatic heterocycles. The Bertz CT molecular complexity index is 301. The van der Waals surface area contributed by atoms with Crippen molar-refractivity contribution in [2.24, 2.45) is 11.1 Å². The van der Waals surface area contributed by atoms with Gasteiger partial charge in [0.15, 0.2) is 0 Å². The number of rotatable bonds is 2. The zero-order valence-corrected chi connectivity index (χ0v) is 11.1. The van der Waals surface area contributed by atoms with Crippen LogP contribution < -0.4 is 11.1 Å². The van der Waals surface area contributed by atoms with Crippen molar-refractivity contribution in [3.05, 3.63) is 0 Å². The molecule has 16 heavy (non-hydrogen) atoms. The quantitative estimate of drug-likeness (QED) is 0.686. The van der Waals surface area contributed by atoms with Crippen LogP contribution in [0.1, 0.15) is 33.6 Å². The SMILES string of the molecule is CC(C)(C)[Si](N)C(=O)N1CCC[C@H]1C(N)=O. The number of primary amides is 1. The number of amides is 2. The van der Waals surface area contributed by atoms with E-state index in [-0.39, 0.29) is 10.6 Å². The van der Waals surface area contributed by atoms with Crippen LogP contribution in [0.2, 0.25) is 5.04 Å². The highest BCUT2D eigenvalue weighted by molar-refractivity contribution is 6.89. The van der Waals surface area contributed by atoms with Crippen molar-refractivity contribution < 1.29 is 9.59 Å². The smallest absolute Gasteiger partial charge is 0.250 e. The summed E-state index contributed by atoms with van der Waals surface area (Å²) in [5, 5.41) is 5.79. The Balaban J connectivity index is 2.77. The highest BCUT2D eigenvalue weighted by Crippen LogP contribution is 2.27. The van der Waals surface area contributed by atoms with E-state index in [0.29, 0.717) is 13.0 Å². The van der Waals surface area contributed by atoms with Gasteiger partial charge in [0.1, 0.15) is 6.04 Å². The lowest BCUT2D eigenvalue weighted by Crippen LogP contribution is -2.55.